The summed E-state index contributed by atoms with van der Waals surface area (Å²) in [7, 11) is 1.67. The van der Waals surface area contributed by atoms with Crippen LogP contribution >= 0.6 is 15.9 Å². The lowest BCUT2D eigenvalue weighted by Crippen LogP contribution is -2.24. The number of anilines is 1. The van der Waals surface area contributed by atoms with Crippen LogP contribution in [0.5, 0.6) is 0 Å². The number of nitrogen functional groups attached to an aromatic ring is 1. The minimum atomic E-state index is -0.0804. The second-order valence-electron chi connectivity index (χ2n) is 3.69. The number of carbonyl (C=O) groups is 1. The molecule has 0 bridgehead atoms. The van der Waals surface area contributed by atoms with Crippen molar-refractivity contribution in [3.05, 3.63) is 28.2 Å². The Hall–Kier alpha value is -1.07. The standard InChI is InChI=1S/C12H17BrN2O2/c1-17-7-3-2-6-15-12(16)9-4-5-11(14)10(13)8-9/h4-5,8H,2-3,6-7,14H2,1H3,(H,15,16). The molecule has 0 atom stereocenters. The minimum Gasteiger partial charge on any atom is -0.398 e. The first kappa shape index (κ1) is 14.0. The maximum Gasteiger partial charge on any atom is 0.251 e. The molecule has 0 heterocycles. The van der Waals surface area contributed by atoms with Gasteiger partial charge in [-0.05, 0) is 47.0 Å². The van der Waals surface area contributed by atoms with Crippen LogP contribution in [-0.2, 0) is 4.74 Å². The highest BCUT2D eigenvalue weighted by molar-refractivity contribution is 9.10. The monoisotopic (exact) mass is 300 g/mol. The van der Waals surface area contributed by atoms with Crippen molar-refractivity contribution >= 4 is 27.5 Å². The first-order valence-corrected chi connectivity index (χ1v) is 6.26. The molecule has 0 aromatic heterocycles. The molecule has 94 valence electrons. The zero-order valence-electron chi connectivity index (χ0n) is 9.83. The topological polar surface area (TPSA) is 64.3 Å². The van der Waals surface area contributed by atoms with Gasteiger partial charge in [0.05, 0.1) is 0 Å². The summed E-state index contributed by atoms with van der Waals surface area (Å²) in [5, 5.41) is 2.85. The van der Waals surface area contributed by atoms with E-state index in [2.05, 4.69) is 21.2 Å². The molecule has 4 nitrogen and oxygen atoms in total. The van der Waals surface area contributed by atoms with Gasteiger partial charge in [0.25, 0.3) is 5.91 Å². The first-order valence-electron chi connectivity index (χ1n) is 5.47. The van der Waals surface area contributed by atoms with Gasteiger partial charge in [-0.25, -0.2) is 0 Å². The second kappa shape index (κ2) is 7.29. The Balaban J connectivity index is 2.39. The average molecular weight is 301 g/mol. The van der Waals surface area contributed by atoms with E-state index in [0.29, 0.717) is 17.8 Å². The van der Waals surface area contributed by atoms with Gasteiger partial charge in [0.1, 0.15) is 0 Å². The molecule has 0 saturated carbocycles. The summed E-state index contributed by atoms with van der Waals surface area (Å²) in [5.41, 5.74) is 6.89. The van der Waals surface area contributed by atoms with Gasteiger partial charge in [-0.3, -0.25) is 4.79 Å². The van der Waals surface area contributed by atoms with Gasteiger partial charge in [0.2, 0.25) is 0 Å². The average Bonchev–Trinajstić information content (AvgIpc) is 2.32. The summed E-state index contributed by atoms with van der Waals surface area (Å²) < 4.78 is 5.67. The first-order chi connectivity index (χ1) is 8.15. The Morgan fingerprint density at radius 2 is 2.24 bits per heavy atom. The summed E-state index contributed by atoms with van der Waals surface area (Å²) in [6, 6.07) is 5.15. The molecular weight excluding hydrogens is 284 g/mol. The quantitative estimate of drug-likeness (QED) is 0.625. The number of hydrogen-bond donors (Lipinski definition) is 2. The van der Waals surface area contributed by atoms with Gasteiger partial charge in [-0.15, -0.1) is 0 Å². The third-order valence-corrected chi connectivity index (χ3v) is 3.01. The zero-order valence-corrected chi connectivity index (χ0v) is 11.4. The molecule has 0 unspecified atom stereocenters. The van der Waals surface area contributed by atoms with E-state index in [-0.39, 0.29) is 5.91 Å². The number of methoxy groups -OCH3 is 1. The maximum atomic E-state index is 11.7. The van der Waals surface area contributed by atoms with E-state index >= 15 is 0 Å². The molecule has 1 aromatic carbocycles. The Morgan fingerprint density at radius 1 is 1.47 bits per heavy atom. The van der Waals surface area contributed by atoms with Gasteiger partial charge >= 0.3 is 0 Å². The molecule has 0 fully saturated rings. The lowest BCUT2D eigenvalue weighted by Gasteiger charge is -2.06. The lowest BCUT2D eigenvalue weighted by molar-refractivity contribution is 0.0951. The van der Waals surface area contributed by atoms with Crippen LogP contribution in [0, 0.1) is 0 Å². The van der Waals surface area contributed by atoms with Crippen molar-refractivity contribution in [3.63, 3.8) is 0 Å². The number of nitrogens with one attached hydrogen (secondary N) is 1. The van der Waals surface area contributed by atoms with Crippen LogP contribution in [0.2, 0.25) is 0 Å². The van der Waals surface area contributed by atoms with Crippen molar-refractivity contribution in [1.29, 1.82) is 0 Å². The SMILES string of the molecule is COCCCCNC(=O)c1ccc(N)c(Br)c1. The summed E-state index contributed by atoms with van der Waals surface area (Å²) in [6.07, 6.45) is 1.86. The van der Waals surface area contributed by atoms with Crippen LogP contribution < -0.4 is 11.1 Å². The summed E-state index contributed by atoms with van der Waals surface area (Å²) in [6.45, 7) is 1.38. The molecule has 0 saturated heterocycles. The fourth-order valence-corrected chi connectivity index (χ4v) is 1.72. The van der Waals surface area contributed by atoms with Gasteiger partial charge in [0, 0.05) is 36.0 Å². The van der Waals surface area contributed by atoms with Crippen LogP contribution in [0.25, 0.3) is 0 Å². The number of hydrogen-bond acceptors (Lipinski definition) is 3. The fraction of sp³-hybridized carbons (Fsp3) is 0.417. The van der Waals surface area contributed by atoms with Gasteiger partial charge in [0.15, 0.2) is 0 Å². The normalized spacial score (nSPS) is 10.2. The molecule has 1 aromatic rings. The predicted molar refractivity (Wildman–Crippen MR) is 72.0 cm³/mol. The summed E-state index contributed by atoms with van der Waals surface area (Å²) >= 11 is 3.30. The smallest absolute Gasteiger partial charge is 0.251 e. The Bertz CT molecular complexity index is 383. The number of ether oxygens (including phenoxy) is 1. The Labute approximate surface area is 110 Å². The summed E-state index contributed by atoms with van der Waals surface area (Å²) in [5.74, 6) is -0.0804. The Morgan fingerprint density at radius 3 is 2.88 bits per heavy atom. The van der Waals surface area contributed by atoms with Crippen molar-refractivity contribution in [2.45, 2.75) is 12.8 Å². The molecule has 0 radical (unpaired) electrons. The second-order valence-corrected chi connectivity index (χ2v) is 4.55. The molecule has 3 N–H and O–H groups in total. The number of halogens is 1. The van der Waals surface area contributed by atoms with Crippen LogP contribution in [0.4, 0.5) is 5.69 Å². The molecule has 1 rings (SSSR count). The molecule has 17 heavy (non-hydrogen) atoms. The lowest BCUT2D eigenvalue weighted by atomic mass is 10.2. The minimum absolute atomic E-state index is 0.0804. The number of carbonyl (C=O) groups excluding carboxylic acids is 1. The van der Waals surface area contributed by atoms with Gasteiger partial charge in [-0.1, -0.05) is 0 Å². The molecule has 0 spiro atoms. The zero-order chi connectivity index (χ0) is 12.7. The fourth-order valence-electron chi connectivity index (χ4n) is 1.34. The highest BCUT2D eigenvalue weighted by Gasteiger charge is 2.06. The molecule has 1 amide bonds. The highest BCUT2D eigenvalue weighted by atomic mass is 79.9. The molecule has 5 heteroatoms. The van der Waals surface area contributed by atoms with E-state index < -0.39 is 0 Å². The van der Waals surface area contributed by atoms with E-state index in [1.165, 1.54) is 0 Å². The molecule has 0 aliphatic rings. The van der Waals surface area contributed by atoms with Crippen molar-refractivity contribution in [2.24, 2.45) is 0 Å². The third-order valence-electron chi connectivity index (χ3n) is 2.32. The number of unbranched alkanes of at least 4 members (excludes halogenated alkanes) is 1. The van der Waals surface area contributed by atoms with E-state index in [9.17, 15) is 4.79 Å². The molecule has 0 aliphatic carbocycles. The Kier molecular flexibility index (Phi) is 6.00. The maximum absolute atomic E-state index is 11.7. The van der Waals surface area contributed by atoms with Crippen LogP contribution in [0.15, 0.2) is 22.7 Å². The van der Waals surface area contributed by atoms with Crippen molar-refractivity contribution in [3.8, 4) is 0 Å². The molecule has 0 aliphatic heterocycles. The number of nitrogens with two attached hydrogens (primary N) is 1. The van der Waals surface area contributed by atoms with Crippen LogP contribution in [-0.4, -0.2) is 26.2 Å². The van der Waals surface area contributed by atoms with E-state index in [4.69, 9.17) is 10.5 Å². The van der Waals surface area contributed by atoms with E-state index in [1.54, 1.807) is 25.3 Å². The number of amides is 1. The van der Waals surface area contributed by atoms with Crippen molar-refractivity contribution in [2.75, 3.05) is 26.0 Å². The molecular formula is C12H17BrN2O2. The predicted octanol–water partition coefficient (Wildman–Crippen LogP) is 2.19. The largest absolute Gasteiger partial charge is 0.398 e. The van der Waals surface area contributed by atoms with Crippen LogP contribution in [0.3, 0.4) is 0 Å². The number of benzene rings is 1. The van der Waals surface area contributed by atoms with Crippen LogP contribution in [0.1, 0.15) is 23.2 Å². The highest BCUT2D eigenvalue weighted by Crippen LogP contribution is 2.20. The summed E-state index contributed by atoms with van der Waals surface area (Å²) in [4.78, 5) is 11.7. The van der Waals surface area contributed by atoms with Gasteiger partial charge < -0.3 is 15.8 Å². The van der Waals surface area contributed by atoms with E-state index in [0.717, 1.165) is 23.9 Å². The van der Waals surface area contributed by atoms with E-state index in [1.807, 2.05) is 0 Å². The third kappa shape index (κ3) is 4.75. The number of rotatable bonds is 6. The van der Waals surface area contributed by atoms with Gasteiger partial charge in [-0.2, -0.15) is 0 Å². The van der Waals surface area contributed by atoms with Crippen molar-refractivity contribution in [1.82, 2.24) is 5.32 Å². The van der Waals surface area contributed by atoms with Crippen molar-refractivity contribution < 1.29 is 9.53 Å².